The maximum atomic E-state index is 12.8. The van der Waals surface area contributed by atoms with Crippen LogP contribution in [0.5, 0.6) is 0 Å². The quantitative estimate of drug-likeness (QED) is 0.454. The first-order chi connectivity index (χ1) is 14.3. The highest BCUT2D eigenvalue weighted by atomic mass is 32.1. The molecule has 1 N–H and O–H groups in total. The third kappa shape index (κ3) is 4.19. The number of aryl methyl sites for hydroxylation is 1. The zero-order valence-corrected chi connectivity index (χ0v) is 18.3. The monoisotopic (exact) mass is 416 g/mol. The number of amides is 1. The second-order valence-corrected chi connectivity index (χ2v) is 9.08. The Balaban J connectivity index is 1.58. The fraction of sp³-hybridized carbons (Fsp3) is 0.208. The number of carbonyl (C=O) groups excluding carboxylic acids is 1. The normalized spacial score (nSPS) is 11.5. The molecule has 0 saturated carbocycles. The maximum absolute atomic E-state index is 12.8. The predicted octanol–water partition coefficient (Wildman–Crippen LogP) is 5.85. The number of nitrogens with one attached hydrogen (secondary N) is 1. The minimum atomic E-state index is -0.170. The first-order valence-electron chi connectivity index (χ1n) is 9.81. The summed E-state index contributed by atoms with van der Waals surface area (Å²) in [6.45, 7) is 8.36. The van der Waals surface area contributed by atoms with Crippen molar-refractivity contribution in [1.82, 2.24) is 14.8 Å². The molecule has 4 aromatic rings. The summed E-state index contributed by atoms with van der Waals surface area (Å²) < 4.78 is 1.69. The van der Waals surface area contributed by atoms with E-state index in [9.17, 15) is 4.79 Å². The number of rotatable bonds is 4. The van der Waals surface area contributed by atoms with Crippen molar-refractivity contribution in [1.29, 1.82) is 0 Å². The molecule has 0 bridgehead atoms. The van der Waals surface area contributed by atoms with Crippen molar-refractivity contribution >= 4 is 23.1 Å². The summed E-state index contributed by atoms with van der Waals surface area (Å²) >= 11 is 1.49. The summed E-state index contributed by atoms with van der Waals surface area (Å²) in [6.07, 6.45) is 0. The molecule has 0 aliphatic rings. The standard InChI is InChI=1S/C24H24N4OS/c1-16-14-21(26-22(29)18-10-12-19(13-11-18)24(2,3)4)28(27-16)23-25-20(15-30-23)17-8-6-5-7-9-17/h5-15H,1-4H3,(H,26,29). The minimum absolute atomic E-state index is 0.0477. The lowest BCUT2D eigenvalue weighted by Gasteiger charge is -2.19. The first-order valence-corrected chi connectivity index (χ1v) is 10.7. The highest BCUT2D eigenvalue weighted by Crippen LogP contribution is 2.27. The molecule has 0 unspecified atom stereocenters. The molecule has 2 aromatic heterocycles. The van der Waals surface area contributed by atoms with Gasteiger partial charge in [0.25, 0.3) is 5.91 Å². The Morgan fingerprint density at radius 3 is 2.40 bits per heavy atom. The Labute approximate surface area is 180 Å². The summed E-state index contributed by atoms with van der Waals surface area (Å²) in [5.41, 5.74) is 4.59. The van der Waals surface area contributed by atoms with Gasteiger partial charge in [0.15, 0.2) is 0 Å². The van der Waals surface area contributed by atoms with Gasteiger partial charge in [-0.15, -0.1) is 11.3 Å². The van der Waals surface area contributed by atoms with Gasteiger partial charge in [-0.2, -0.15) is 9.78 Å². The van der Waals surface area contributed by atoms with Crippen LogP contribution < -0.4 is 5.32 Å². The van der Waals surface area contributed by atoms with Gasteiger partial charge >= 0.3 is 0 Å². The first kappa shape index (κ1) is 20.0. The van der Waals surface area contributed by atoms with Gasteiger partial charge in [0.2, 0.25) is 5.13 Å². The SMILES string of the molecule is Cc1cc(NC(=O)c2ccc(C(C)(C)C)cc2)n(-c2nc(-c3ccccc3)cs2)n1. The van der Waals surface area contributed by atoms with Crippen LogP contribution in [0.3, 0.4) is 0 Å². The minimum Gasteiger partial charge on any atom is -0.306 e. The van der Waals surface area contributed by atoms with Crippen molar-refractivity contribution in [3.63, 3.8) is 0 Å². The largest absolute Gasteiger partial charge is 0.306 e. The molecule has 0 spiro atoms. The van der Waals surface area contributed by atoms with E-state index in [-0.39, 0.29) is 11.3 Å². The number of hydrogen-bond donors (Lipinski definition) is 1. The van der Waals surface area contributed by atoms with E-state index in [4.69, 9.17) is 4.98 Å². The Morgan fingerprint density at radius 2 is 1.73 bits per heavy atom. The van der Waals surface area contributed by atoms with Crippen LogP contribution in [0, 0.1) is 6.92 Å². The van der Waals surface area contributed by atoms with Crippen LogP contribution in [-0.2, 0) is 5.41 Å². The molecule has 1 amide bonds. The van der Waals surface area contributed by atoms with Gasteiger partial charge in [-0.05, 0) is 30.0 Å². The zero-order valence-electron chi connectivity index (χ0n) is 17.5. The van der Waals surface area contributed by atoms with Crippen LogP contribution in [0.1, 0.15) is 42.4 Å². The number of hydrogen-bond acceptors (Lipinski definition) is 4. The lowest BCUT2D eigenvalue weighted by molar-refractivity contribution is 0.102. The van der Waals surface area contributed by atoms with Gasteiger partial charge in [-0.3, -0.25) is 4.79 Å². The summed E-state index contributed by atoms with van der Waals surface area (Å²) in [7, 11) is 0. The molecular weight excluding hydrogens is 392 g/mol. The Morgan fingerprint density at radius 1 is 1.03 bits per heavy atom. The number of aromatic nitrogens is 3. The predicted molar refractivity (Wildman–Crippen MR) is 123 cm³/mol. The van der Waals surface area contributed by atoms with Gasteiger partial charge in [0, 0.05) is 22.6 Å². The molecule has 6 heteroatoms. The molecule has 5 nitrogen and oxygen atoms in total. The van der Waals surface area contributed by atoms with E-state index >= 15 is 0 Å². The van der Waals surface area contributed by atoms with E-state index in [1.165, 1.54) is 16.9 Å². The molecule has 0 fully saturated rings. The molecule has 0 aliphatic carbocycles. The second-order valence-electron chi connectivity index (χ2n) is 8.25. The van der Waals surface area contributed by atoms with Crippen molar-refractivity contribution in [2.75, 3.05) is 5.32 Å². The molecular formula is C24H24N4OS. The van der Waals surface area contributed by atoms with Gasteiger partial charge in [-0.25, -0.2) is 4.98 Å². The van der Waals surface area contributed by atoms with Gasteiger partial charge in [0.05, 0.1) is 11.4 Å². The van der Waals surface area contributed by atoms with E-state index in [2.05, 4.69) is 31.2 Å². The summed E-state index contributed by atoms with van der Waals surface area (Å²) in [6, 6.07) is 19.6. The lowest BCUT2D eigenvalue weighted by atomic mass is 9.87. The van der Waals surface area contributed by atoms with Crippen molar-refractivity contribution in [2.24, 2.45) is 0 Å². The number of thiazole rings is 1. The zero-order chi connectivity index (χ0) is 21.3. The van der Waals surface area contributed by atoms with Crippen molar-refractivity contribution in [3.8, 4) is 16.4 Å². The van der Waals surface area contributed by atoms with Crippen LogP contribution in [0.15, 0.2) is 66.0 Å². The van der Waals surface area contributed by atoms with Crippen molar-refractivity contribution in [3.05, 3.63) is 82.9 Å². The van der Waals surface area contributed by atoms with Crippen LogP contribution in [0.25, 0.3) is 16.4 Å². The Hall–Kier alpha value is -3.25. The number of carbonyl (C=O) groups is 1. The molecule has 152 valence electrons. The van der Waals surface area contributed by atoms with Crippen LogP contribution in [-0.4, -0.2) is 20.7 Å². The van der Waals surface area contributed by atoms with Gasteiger partial charge < -0.3 is 5.32 Å². The molecule has 30 heavy (non-hydrogen) atoms. The third-order valence-electron chi connectivity index (χ3n) is 4.83. The fourth-order valence-corrected chi connectivity index (χ4v) is 3.94. The van der Waals surface area contributed by atoms with Crippen molar-refractivity contribution in [2.45, 2.75) is 33.1 Å². The molecule has 2 heterocycles. The third-order valence-corrected chi connectivity index (χ3v) is 5.65. The molecule has 0 atom stereocenters. The molecule has 4 rings (SSSR count). The van der Waals surface area contributed by atoms with Gasteiger partial charge in [-0.1, -0.05) is 63.2 Å². The average Bonchev–Trinajstić information content (AvgIpc) is 3.35. The summed E-state index contributed by atoms with van der Waals surface area (Å²) in [4.78, 5) is 17.5. The smallest absolute Gasteiger partial charge is 0.256 e. The van der Waals surface area contributed by atoms with E-state index in [0.29, 0.717) is 16.5 Å². The molecule has 0 aliphatic heterocycles. The highest BCUT2D eigenvalue weighted by Gasteiger charge is 2.17. The maximum Gasteiger partial charge on any atom is 0.256 e. The van der Waals surface area contributed by atoms with Gasteiger partial charge in [0.1, 0.15) is 5.82 Å². The summed E-state index contributed by atoms with van der Waals surface area (Å²) in [5.74, 6) is 0.433. The lowest BCUT2D eigenvalue weighted by Crippen LogP contribution is -2.16. The van der Waals surface area contributed by atoms with E-state index in [0.717, 1.165) is 17.0 Å². The topological polar surface area (TPSA) is 59.8 Å². The molecule has 2 aromatic carbocycles. The number of benzene rings is 2. The highest BCUT2D eigenvalue weighted by molar-refractivity contribution is 7.12. The van der Waals surface area contributed by atoms with E-state index < -0.39 is 0 Å². The van der Waals surface area contributed by atoms with Crippen LogP contribution >= 0.6 is 11.3 Å². The van der Waals surface area contributed by atoms with Crippen molar-refractivity contribution < 1.29 is 4.79 Å². The van der Waals surface area contributed by atoms with Crippen LogP contribution in [0.4, 0.5) is 5.82 Å². The average molecular weight is 417 g/mol. The number of anilines is 1. The molecule has 0 saturated heterocycles. The molecule has 0 radical (unpaired) electrons. The fourth-order valence-electron chi connectivity index (χ4n) is 3.15. The Kier molecular flexibility index (Phi) is 5.26. The Bertz CT molecular complexity index is 1170. The van der Waals surface area contributed by atoms with Crippen LogP contribution in [0.2, 0.25) is 0 Å². The number of nitrogens with zero attached hydrogens (tertiary/aromatic N) is 3. The summed E-state index contributed by atoms with van der Waals surface area (Å²) in [5, 5.41) is 10.2. The van der Waals surface area contributed by atoms with E-state index in [1.807, 2.05) is 73.0 Å². The second kappa shape index (κ2) is 7.88. The van der Waals surface area contributed by atoms with E-state index in [1.54, 1.807) is 4.68 Å².